The van der Waals surface area contributed by atoms with E-state index in [2.05, 4.69) is 32.5 Å². The number of carbonyl (C=O) groups is 1. The molecule has 9 nitrogen and oxygen atoms in total. The van der Waals surface area contributed by atoms with Gasteiger partial charge in [-0.1, -0.05) is 13.0 Å². The number of sulfone groups is 1. The summed E-state index contributed by atoms with van der Waals surface area (Å²) in [5.41, 5.74) is 6.69. The number of benzene rings is 1. The minimum absolute atomic E-state index is 0.0166. The van der Waals surface area contributed by atoms with E-state index in [9.17, 15) is 13.2 Å². The van der Waals surface area contributed by atoms with Crippen molar-refractivity contribution in [2.24, 2.45) is 5.73 Å². The summed E-state index contributed by atoms with van der Waals surface area (Å²) in [7, 11) is -1.29. The van der Waals surface area contributed by atoms with Gasteiger partial charge in [-0.15, -0.1) is 0 Å². The Morgan fingerprint density at radius 2 is 2.07 bits per heavy atom. The van der Waals surface area contributed by atoms with Gasteiger partial charge in [0, 0.05) is 24.5 Å². The SMILES string of the molecule is CCc1nc(C(N)=O)c(Nc2cccc(S(C)(=O)=O)c2)nc1NC1CCCN(C)C1. The predicted molar refractivity (Wildman–Crippen MR) is 117 cm³/mol. The highest BCUT2D eigenvalue weighted by molar-refractivity contribution is 7.90. The molecule has 3 rings (SSSR count). The third-order valence-electron chi connectivity index (χ3n) is 5.03. The van der Waals surface area contributed by atoms with Gasteiger partial charge in [0.05, 0.1) is 10.6 Å². The third kappa shape index (κ3) is 5.25. The average Bonchev–Trinajstić information content (AvgIpc) is 2.67. The van der Waals surface area contributed by atoms with Crippen molar-refractivity contribution < 1.29 is 13.2 Å². The number of piperidine rings is 1. The summed E-state index contributed by atoms with van der Waals surface area (Å²) in [4.78, 5) is 23.5. The van der Waals surface area contributed by atoms with Crippen LogP contribution in [0, 0.1) is 0 Å². The van der Waals surface area contributed by atoms with Crippen molar-refractivity contribution in [3.8, 4) is 0 Å². The number of rotatable bonds is 7. The van der Waals surface area contributed by atoms with Crippen LogP contribution in [0.3, 0.4) is 0 Å². The molecule has 30 heavy (non-hydrogen) atoms. The summed E-state index contributed by atoms with van der Waals surface area (Å²) in [5, 5.41) is 6.47. The molecule has 0 aliphatic carbocycles. The largest absolute Gasteiger partial charge is 0.364 e. The molecule has 1 aromatic heterocycles. The molecule has 10 heteroatoms. The smallest absolute Gasteiger partial charge is 0.271 e. The van der Waals surface area contributed by atoms with Gasteiger partial charge in [-0.3, -0.25) is 4.79 Å². The van der Waals surface area contributed by atoms with Crippen LogP contribution in [0.1, 0.15) is 35.9 Å². The van der Waals surface area contributed by atoms with Gasteiger partial charge in [0.1, 0.15) is 0 Å². The van der Waals surface area contributed by atoms with Crippen LogP contribution in [-0.2, 0) is 16.3 Å². The highest BCUT2D eigenvalue weighted by Crippen LogP contribution is 2.25. The van der Waals surface area contributed by atoms with E-state index in [0.29, 0.717) is 23.6 Å². The summed E-state index contributed by atoms with van der Waals surface area (Å²) in [6.07, 6.45) is 3.83. The van der Waals surface area contributed by atoms with E-state index in [1.165, 1.54) is 12.1 Å². The van der Waals surface area contributed by atoms with Crippen molar-refractivity contribution in [1.29, 1.82) is 0 Å². The fraction of sp³-hybridized carbons (Fsp3) is 0.450. The fourth-order valence-corrected chi connectivity index (χ4v) is 4.18. The number of anilines is 3. The first kappa shape index (κ1) is 22.0. The first-order chi connectivity index (χ1) is 14.2. The number of amides is 1. The van der Waals surface area contributed by atoms with Gasteiger partial charge < -0.3 is 21.3 Å². The quantitative estimate of drug-likeness (QED) is 0.604. The normalized spacial score (nSPS) is 17.5. The molecule has 1 fully saturated rings. The van der Waals surface area contributed by atoms with E-state index in [-0.39, 0.29) is 22.4 Å². The van der Waals surface area contributed by atoms with Crippen molar-refractivity contribution in [1.82, 2.24) is 14.9 Å². The molecule has 4 N–H and O–H groups in total. The molecule has 1 unspecified atom stereocenters. The van der Waals surface area contributed by atoms with Gasteiger partial charge in [-0.2, -0.15) is 0 Å². The molecular weight excluding hydrogens is 404 g/mol. The molecule has 2 heterocycles. The number of nitrogens with two attached hydrogens (primary N) is 1. The fourth-order valence-electron chi connectivity index (χ4n) is 3.51. The van der Waals surface area contributed by atoms with Crippen LogP contribution < -0.4 is 16.4 Å². The highest BCUT2D eigenvalue weighted by Gasteiger charge is 2.22. The molecule has 1 aliphatic rings. The lowest BCUT2D eigenvalue weighted by Crippen LogP contribution is -2.40. The van der Waals surface area contributed by atoms with Gasteiger partial charge >= 0.3 is 0 Å². The Kier molecular flexibility index (Phi) is 6.57. The molecule has 0 radical (unpaired) electrons. The molecule has 1 atom stereocenters. The minimum Gasteiger partial charge on any atom is -0.364 e. The number of primary amides is 1. The second-order valence-corrected chi connectivity index (χ2v) is 9.62. The zero-order valence-electron chi connectivity index (χ0n) is 17.5. The molecule has 1 saturated heterocycles. The Balaban J connectivity index is 1.97. The number of nitrogens with zero attached hydrogens (tertiary/aromatic N) is 3. The lowest BCUT2D eigenvalue weighted by atomic mass is 10.1. The standard InChI is InChI=1S/C20H28N6O3S/c1-4-16-19(23-14-8-6-10-26(2)12-14)25-20(17(24-16)18(21)27)22-13-7-5-9-15(11-13)30(3,28)29/h5,7,9,11,14H,4,6,8,10,12H2,1-3H3,(H2,21,27)(H2,22,23,25). The number of aryl methyl sites for hydroxylation is 1. The molecule has 1 amide bonds. The molecular formula is C20H28N6O3S. The minimum atomic E-state index is -3.37. The van der Waals surface area contributed by atoms with E-state index >= 15 is 0 Å². The number of likely N-dealkylation sites (tertiary alicyclic amines) is 1. The summed E-state index contributed by atoms with van der Waals surface area (Å²) in [6.45, 7) is 3.89. The summed E-state index contributed by atoms with van der Waals surface area (Å²) in [5.74, 6) is 0.0875. The topological polar surface area (TPSA) is 130 Å². The van der Waals surface area contributed by atoms with E-state index in [4.69, 9.17) is 5.73 Å². The highest BCUT2D eigenvalue weighted by atomic mass is 32.2. The van der Waals surface area contributed by atoms with Crippen molar-refractivity contribution in [2.45, 2.75) is 37.1 Å². The number of hydrogen-bond acceptors (Lipinski definition) is 8. The van der Waals surface area contributed by atoms with Crippen molar-refractivity contribution in [2.75, 3.05) is 37.0 Å². The number of likely N-dealkylation sites (N-methyl/N-ethyl adjacent to an activating group) is 1. The lowest BCUT2D eigenvalue weighted by Gasteiger charge is -2.31. The Morgan fingerprint density at radius 3 is 2.70 bits per heavy atom. The molecule has 1 aromatic carbocycles. The van der Waals surface area contributed by atoms with Crippen LogP contribution in [0.25, 0.3) is 0 Å². The Hall–Kier alpha value is -2.72. The maximum absolute atomic E-state index is 12.0. The zero-order chi connectivity index (χ0) is 21.9. The number of aromatic nitrogens is 2. The Labute approximate surface area is 177 Å². The summed E-state index contributed by atoms with van der Waals surface area (Å²) in [6, 6.07) is 6.53. The van der Waals surface area contributed by atoms with E-state index in [0.717, 1.165) is 32.2 Å². The maximum atomic E-state index is 12.0. The van der Waals surface area contributed by atoms with Crippen LogP contribution in [0.5, 0.6) is 0 Å². The molecule has 0 spiro atoms. The van der Waals surface area contributed by atoms with Gasteiger partial charge in [0.2, 0.25) is 0 Å². The Bertz CT molecular complexity index is 1040. The molecule has 1 aliphatic heterocycles. The molecule has 0 bridgehead atoms. The third-order valence-corrected chi connectivity index (χ3v) is 6.14. The van der Waals surface area contributed by atoms with Crippen molar-refractivity contribution in [3.05, 3.63) is 35.7 Å². The van der Waals surface area contributed by atoms with Gasteiger partial charge in [-0.25, -0.2) is 18.4 Å². The summed E-state index contributed by atoms with van der Waals surface area (Å²) < 4.78 is 23.7. The van der Waals surface area contributed by atoms with Crippen LogP contribution >= 0.6 is 0 Å². The van der Waals surface area contributed by atoms with Crippen LogP contribution in [0.15, 0.2) is 29.2 Å². The van der Waals surface area contributed by atoms with Crippen LogP contribution in [-0.4, -0.2) is 61.6 Å². The second-order valence-electron chi connectivity index (χ2n) is 7.60. The molecule has 0 saturated carbocycles. The van der Waals surface area contributed by atoms with E-state index in [1.807, 2.05) is 6.92 Å². The van der Waals surface area contributed by atoms with Crippen LogP contribution in [0.4, 0.5) is 17.3 Å². The predicted octanol–water partition coefficient (Wildman–Crippen LogP) is 1.79. The lowest BCUT2D eigenvalue weighted by molar-refractivity contribution is 0.0996. The van der Waals surface area contributed by atoms with Gasteiger partial charge in [-0.05, 0) is 51.1 Å². The summed E-state index contributed by atoms with van der Waals surface area (Å²) >= 11 is 0. The van der Waals surface area contributed by atoms with Crippen LogP contribution in [0.2, 0.25) is 0 Å². The zero-order valence-corrected chi connectivity index (χ0v) is 18.3. The Morgan fingerprint density at radius 1 is 1.30 bits per heavy atom. The van der Waals surface area contributed by atoms with Gasteiger partial charge in [0.15, 0.2) is 27.2 Å². The first-order valence-electron chi connectivity index (χ1n) is 9.90. The first-order valence-corrected chi connectivity index (χ1v) is 11.8. The molecule has 2 aromatic rings. The maximum Gasteiger partial charge on any atom is 0.271 e. The van der Waals surface area contributed by atoms with E-state index in [1.54, 1.807) is 12.1 Å². The van der Waals surface area contributed by atoms with E-state index < -0.39 is 15.7 Å². The average molecular weight is 433 g/mol. The van der Waals surface area contributed by atoms with Crippen molar-refractivity contribution in [3.63, 3.8) is 0 Å². The number of nitrogens with one attached hydrogen (secondary N) is 2. The second kappa shape index (κ2) is 8.97. The van der Waals surface area contributed by atoms with Crippen molar-refractivity contribution >= 4 is 33.1 Å². The monoisotopic (exact) mass is 432 g/mol. The number of hydrogen-bond donors (Lipinski definition) is 3. The number of carbonyl (C=O) groups excluding carboxylic acids is 1. The molecule has 162 valence electrons. The van der Waals surface area contributed by atoms with Gasteiger partial charge in [0.25, 0.3) is 5.91 Å².